The van der Waals surface area contributed by atoms with Crippen molar-refractivity contribution in [3.05, 3.63) is 29.7 Å². The zero-order chi connectivity index (χ0) is 10.7. The van der Waals surface area contributed by atoms with Crippen molar-refractivity contribution >= 4 is 11.3 Å². The quantitative estimate of drug-likeness (QED) is 0.796. The lowest BCUT2D eigenvalue weighted by atomic mass is 10.1. The summed E-state index contributed by atoms with van der Waals surface area (Å²) in [6.07, 6.45) is 6.14. The molecule has 2 rings (SSSR count). The third-order valence-corrected chi connectivity index (χ3v) is 2.87. The highest BCUT2D eigenvalue weighted by Crippen LogP contribution is 2.21. The topological polar surface area (TPSA) is 38.7 Å². The minimum Gasteiger partial charge on any atom is -0.261 e. The second-order valence-corrected chi connectivity index (χ2v) is 4.69. The summed E-state index contributed by atoms with van der Waals surface area (Å²) in [4.78, 5) is 12.8. The first-order chi connectivity index (χ1) is 7.25. The summed E-state index contributed by atoms with van der Waals surface area (Å²) in [6.45, 7) is 4.39. The molecule has 15 heavy (non-hydrogen) atoms. The van der Waals surface area contributed by atoms with Gasteiger partial charge in [-0.1, -0.05) is 13.8 Å². The van der Waals surface area contributed by atoms with Crippen LogP contribution in [0.1, 0.15) is 19.5 Å². The summed E-state index contributed by atoms with van der Waals surface area (Å²) >= 11 is 1.63. The average molecular weight is 219 g/mol. The van der Waals surface area contributed by atoms with E-state index in [4.69, 9.17) is 0 Å². The predicted molar refractivity (Wildman–Crippen MR) is 61.7 cm³/mol. The molecule has 78 valence electrons. The third kappa shape index (κ3) is 2.59. The van der Waals surface area contributed by atoms with Crippen LogP contribution in [0.3, 0.4) is 0 Å². The standard InChI is InChI=1S/C11H13N3S/c1-8(2)5-9-7-15-11(14-9)10-6-12-3-4-13-10/h3-4,6-8H,5H2,1-2H3. The van der Waals surface area contributed by atoms with Gasteiger partial charge in [0.2, 0.25) is 0 Å². The molecule has 0 aliphatic rings. The lowest BCUT2D eigenvalue weighted by Crippen LogP contribution is -1.94. The van der Waals surface area contributed by atoms with E-state index >= 15 is 0 Å². The number of hydrogen-bond acceptors (Lipinski definition) is 4. The highest BCUT2D eigenvalue weighted by atomic mass is 32.1. The van der Waals surface area contributed by atoms with Gasteiger partial charge in [-0.25, -0.2) is 4.98 Å². The highest BCUT2D eigenvalue weighted by Gasteiger charge is 2.06. The molecule has 0 radical (unpaired) electrons. The van der Waals surface area contributed by atoms with Crippen LogP contribution in [0.5, 0.6) is 0 Å². The maximum absolute atomic E-state index is 4.54. The Morgan fingerprint density at radius 1 is 1.33 bits per heavy atom. The van der Waals surface area contributed by atoms with Crippen LogP contribution in [0.15, 0.2) is 24.0 Å². The zero-order valence-corrected chi connectivity index (χ0v) is 9.66. The first kappa shape index (κ1) is 10.2. The van der Waals surface area contributed by atoms with E-state index in [2.05, 4.69) is 34.2 Å². The summed E-state index contributed by atoms with van der Waals surface area (Å²) in [6, 6.07) is 0. The fourth-order valence-corrected chi connectivity index (χ4v) is 2.14. The fourth-order valence-electron chi connectivity index (χ4n) is 1.35. The molecular formula is C11H13N3S. The van der Waals surface area contributed by atoms with Crippen LogP contribution in [0.2, 0.25) is 0 Å². The van der Waals surface area contributed by atoms with Crippen molar-refractivity contribution < 1.29 is 0 Å². The smallest absolute Gasteiger partial charge is 0.143 e. The number of nitrogens with zero attached hydrogens (tertiary/aromatic N) is 3. The monoisotopic (exact) mass is 219 g/mol. The second-order valence-electron chi connectivity index (χ2n) is 3.83. The van der Waals surface area contributed by atoms with Gasteiger partial charge in [-0.15, -0.1) is 11.3 Å². The van der Waals surface area contributed by atoms with Crippen LogP contribution >= 0.6 is 11.3 Å². The average Bonchev–Trinajstić information content (AvgIpc) is 2.67. The van der Waals surface area contributed by atoms with E-state index in [9.17, 15) is 0 Å². The molecular weight excluding hydrogens is 206 g/mol. The SMILES string of the molecule is CC(C)Cc1csc(-c2cnccn2)n1. The van der Waals surface area contributed by atoms with E-state index in [1.54, 1.807) is 29.9 Å². The van der Waals surface area contributed by atoms with E-state index in [0.717, 1.165) is 22.8 Å². The zero-order valence-electron chi connectivity index (χ0n) is 8.84. The number of aromatic nitrogens is 3. The van der Waals surface area contributed by atoms with Crippen molar-refractivity contribution in [1.29, 1.82) is 0 Å². The number of thiazole rings is 1. The van der Waals surface area contributed by atoms with E-state index in [0.29, 0.717) is 5.92 Å². The molecule has 0 spiro atoms. The van der Waals surface area contributed by atoms with Crippen LogP contribution in [-0.2, 0) is 6.42 Å². The lowest BCUT2D eigenvalue weighted by Gasteiger charge is -1.98. The molecule has 0 aromatic carbocycles. The van der Waals surface area contributed by atoms with E-state index in [1.807, 2.05) is 0 Å². The molecule has 0 saturated carbocycles. The van der Waals surface area contributed by atoms with Crippen molar-refractivity contribution in [2.24, 2.45) is 5.92 Å². The molecule has 0 N–H and O–H groups in total. The summed E-state index contributed by atoms with van der Waals surface area (Å²) in [5, 5.41) is 3.06. The Hall–Kier alpha value is -1.29. The Morgan fingerprint density at radius 2 is 2.20 bits per heavy atom. The van der Waals surface area contributed by atoms with Crippen LogP contribution in [0.25, 0.3) is 10.7 Å². The van der Waals surface area contributed by atoms with Gasteiger partial charge in [-0.3, -0.25) is 9.97 Å². The molecule has 0 saturated heterocycles. The van der Waals surface area contributed by atoms with Crippen molar-refractivity contribution in [3.63, 3.8) is 0 Å². The molecule has 0 aliphatic carbocycles. The van der Waals surface area contributed by atoms with Gasteiger partial charge in [0.25, 0.3) is 0 Å². The van der Waals surface area contributed by atoms with Gasteiger partial charge in [0.05, 0.1) is 11.9 Å². The Kier molecular flexibility index (Phi) is 3.06. The van der Waals surface area contributed by atoms with Crippen LogP contribution in [0, 0.1) is 5.92 Å². The molecule has 0 unspecified atom stereocenters. The molecule has 0 aliphatic heterocycles. The minimum absolute atomic E-state index is 0.641. The van der Waals surface area contributed by atoms with Crippen molar-refractivity contribution in [2.45, 2.75) is 20.3 Å². The largest absolute Gasteiger partial charge is 0.261 e. The van der Waals surface area contributed by atoms with E-state index in [1.165, 1.54) is 0 Å². The van der Waals surface area contributed by atoms with Crippen molar-refractivity contribution in [2.75, 3.05) is 0 Å². The fraction of sp³-hybridized carbons (Fsp3) is 0.364. The molecule has 0 bridgehead atoms. The first-order valence-corrected chi connectivity index (χ1v) is 5.84. The molecule has 4 heteroatoms. The molecule has 2 aromatic rings. The van der Waals surface area contributed by atoms with E-state index < -0.39 is 0 Å². The molecule has 0 fully saturated rings. The Labute approximate surface area is 93.2 Å². The lowest BCUT2D eigenvalue weighted by molar-refractivity contribution is 0.638. The van der Waals surface area contributed by atoms with Crippen molar-refractivity contribution in [3.8, 4) is 10.7 Å². The van der Waals surface area contributed by atoms with Crippen LogP contribution in [0.4, 0.5) is 0 Å². The number of rotatable bonds is 3. The summed E-state index contributed by atoms with van der Waals surface area (Å²) in [5.74, 6) is 0.641. The molecule has 3 nitrogen and oxygen atoms in total. The summed E-state index contributed by atoms with van der Waals surface area (Å²) < 4.78 is 0. The Bertz CT molecular complexity index is 422. The van der Waals surface area contributed by atoms with E-state index in [-0.39, 0.29) is 0 Å². The summed E-state index contributed by atoms with van der Waals surface area (Å²) in [5.41, 5.74) is 2.01. The Balaban J connectivity index is 2.21. The first-order valence-electron chi connectivity index (χ1n) is 4.96. The molecule has 0 atom stereocenters. The second kappa shape index (κ2) is 4.49. The Morgan fingerprint density at radius 3 is 2.87 bits per heavy atom. The maximum Gasteiger partial charge on any atom is 0.143 e. The third-order valence-electron chi connectivity index (χ3n) is 1.95. The van der Waals surface area contributed by atoms with Gasteiger partial charge in [0.1, 0.15) is 10.7 Å². The van der Waals surface area contributed by atoms with Gasteiger partial charge in [-0.05, 0) is 12.3 Å². The van der Waals surface area contributed by atoms with Gasteiger partial charge < -0.3 is 0 Å². The van der Waals surface area contributed by atoms with Gasteiger partial charge >= 0.3 is 0 Å². The predicted octanol–water partition coefficient (Wildman–Crippen LogP) is 2.80. The minimum atomic E-state index is 0.641. The number of hydrogen-bond donors (Lipinski definition) is 0. The maximum atomic E-state index is 4.54. The van der Waals surface area contributed by atoms with Crippen LogP contribution in [-0.4, -0.2) is 15.0 Å². The highest BCUT2D eigenvalue weighted by molar-refractivity contribution is 7.13. The normalized spacial score (nSPS) is 10.9. The van der Waals surface area contributed by atoms with Crippen LogP contribution < -0.4 is 0 Å². The molecule has 2 heterocycles. The summed E-state index contributed by atoms with van der Waals surface area (Å²) in [7, 11) is 0. The van der Waals surface area contributed by atoms with Gasteiger partial charge in [0, 0.05) is 17.8 Å². The van der Waals surface area contributed by atoms with Gasteiger partial charge in [0.15, 0.2) is 0 Å². The van der Waals surface area contributed by atoms with Crippen molar-refractivity contribution in [1.82, 2.24) is 15.0 Å². The molecule has 0 amide bonds. The van der Waals surface area contributed by atoms with Gasteiger partial charge in [-0.2, -0.15) is 0 Å². The molecule has 2 aromatic heterocycles.